The van der Waals surface area contributed by atoms with Gasteiger partial charge in [-0.2, -0.15) is 0 Å². The van der Waals surface area contributed by atoms with Gasteiger partial charge in [0.2, 0.25) is 0 Å². The van der Waals surface area contributed by atoms with Crippen LogP contribution in [0.4, 0.5) is 0 Å². The molecule has 0 spiro atoms. The van der Waals surface area contributed by atoms with E-state index in [0.717, 1.165) is 3.63 Å². The molecular weight excluding hydrogens is 259 g/mol. The Hall–Kier alpha value is -0.677. The second-order valence-electron chi connectivity index (χ2n) is 3.90. The van der Waals surface area contributed by atoms with Gasteiger partial charge in [0.05, 0.1) is 0 Å². The average Bonchev–Trinajstić information content (AvgIpc) is 2.63. The van der Waals surface area contributed by atoms with Gasteiger partial charge in [-0.1, -0.05) is 0 Å². The first kappa shape index (κ1) is 9.54. The fourth-order valence-corrected chi connectivity index (χ4v) is 5.23. The number of fused-ring (bicyclic) bond motifs is 3. The van der Waals surface area contributed by atoms with E-state index in [4.69, 9.17) is 0 Å². The molecule has 0 aromatic heterocycles. The van der Waals surface area contributed by atoms with Crippen LogP contribution in [0.15, 0.2) is 48.5 Å². The molecule has 0 radical (unpaired) electrons. The van der Waals surface area contributed by atoms with E-state index < -0.39 is 0 Å². The number of hydrogen-bond acceptors (Lipinski definition) is 0. The fraction of sp³-hybridized carbons (Fsp3) is 0.143. The minimum atomic E-state index is -0.299. The minimum absolute atomic E-state index is 0.299. The molecule has 1 aliphatic rings. The van der Waals surface area contributed by atoms with Crippen molar-refractivity contribution in [3.05, 3.63) is 59.7 Å². The molecule has 0 unspecified atom stereocenters. The van der Waals surface area contributed by atoms with Crippen molar-refractivity contribution in [2.24, 2.45) is 0 Å². The summed E-state index contributed by atoms with van der Waals surface area (Å²) >= 11 is -0.299. The first-order valence-corrected chi connectivity index (χ1v) is 9.15. The van der Waals surface area contributed by atoms with Crippen LogP contribution in [-0.4, -0.2) is 0 Å². The topological polar surface area (TPSA) is 0 Å². The van der Waals surface area contributed by atoms with Gasteiger partial charge in [-0.15, -0.1) is 0 Å². The molecule has 0 aliphatic heterocycles. The number of benzene rings is 2. The maximum absolute atomic E-state index is 2.44. The van der Waals surface area contributed by atoms with Crippen LogP contribution >= 0.6 is 0 Å². The molecule has 0 amide bonds. The Bertz CT molecular complexity index is 457. The summed E-state index contributed by atoms with van der Waals surface area (Å²) in [4.78, 5) is 0. The van der Waals surface area contributed by atoms with Crippen molar-refractivity contribution in [1.29, 1.82) is 0 Å². The summed E-state index contributed by atoms with van der Waals surface area (Å²) in [7, 11) is 0. The Labute approximate surface area is 102 Å². The van der Waals surface area contributed by atoms with E-state index in [2.05, 4.69) is 53.2 Å². The summed E-state index contributed by atoms with van der Waals surface area (Å²) in [5.41, 5.74) is 6.10. The Kier molecular flexibility index (Phi) is 2.37. The first-order chi connectivity index (χ1) is 7.42. The Balaban J connectivity index is 2.31. The summed E-state index contributed by atoms with van der Waals surface area (Å²) in [5.74, 6) is 0. The molecule has 1 aliphatic carbocycles. The van der Waals surface area contributed by atoms with Gasteiger partial charge in [0.25, 0.3) is 0 Å². The SMILES string of the molecule is [CH3][Zr][CH]1c2ccccc2-c2ccccc21. The normalized spacial score (nSPS) is 13.4. The predicted octanol–water partition coefficient (Wildman–Crippen LogP) is 3.89. The Morgan fingerprint density at radius 1 is 0.800 bits per heavy atom. The van der Waals surface area contributed by atoms with Crippen LogP contribution in [0.3, 0.4) is 0 Å². The van der Waals surface area contributed by atoms with Crippen LogP contribution in [-0.2, 0) is 23.2 Å². The van der Waals surface area contributed by atoms with E-state index >= 15 is 0 Å². The van der Waals surface area contributed by atoms with Crippen molar-refractivity contribution < 1.29 is 23.2 Å². The summed E-state index contributed by atoms with van der Waals surface area (Å²) < 4.78 is 3.22. The molecule has 0 fully saturated rings. The Morgan fingerprint density at radius 3 is 1.73 bits per heavy atom. The second kappa shape index (κ2) is 3.72. The monoisotopic (exact) mass is 270 g/mol. The molecule has 0 saturated heterocycles. The molecule has 72 valence electrons. The Morgan fingerprint density at radius 2 is 1.27 bits per heavy atom. The third-order valence-electron chi connectivity index (χ3n) is 3.12. The third kappa shape index (κ3) is 1.37. The molecule has 1 heteroatoms. The quantitative estimate of drug-likeness (QED) is 0.738. The summed E-state index contributed by atoms with van der Waals surface area (Å²) in [6, 6.07) is 17.8. The number of rotatable bonds is 1. The summed E-state index contributed by atoms with van der Waals surface area (Å²) in [6.45, 7) is 0. The van der Waals surface area contributed by atoms with E-state index in [-0.39, 0.29) is 23.2 Å². The van der Waals surface area contributed by atoms with Gasteiger partial charge < -0.3 is 0 Å². The molecule has 15 heavy (non-hydrogen) atoms. The van der Waals surface area contributed by atoms with Crippen LogP contribution in [0.2, 0.25) is 4.63 Å². The van der Waals surface area contributed by atoms with E-state index in [0.29, 0.717) is 0 Å². The van der Waals surface area contributed by atoms with Gasteiger partial charge >= 0.3 is 102 Å². The van der Waals surface area contributed by atoms with Crippen LogP contribution in [0.25, 0.3) is 11.1 Å². The average molecular weight is 271 g/mol. The van der Waals surface area contributed by atoms with E-state index in [1.807, 2.05) is 0 Å². The van der Waals surface area contributed by atoms with Gasteiger partial charge in [-0.3, -0.25) is 0 Å². The molecule has 0 bridgehead atoms. The molecule has 0 heterocycles. The van der Waals surface area contributed by atoms with Gasteiger partial charge in [0, 0.05) is 0 Å². The van der Waals surface area contributed by atoms with Crippen molar-refractivity contribution in [1.82, 2.24) is 0 Å². The standard InChI is InChI=1S/C13H9.CH3.Zr/c1-3-7-12-10(5-1)9-11-6-2-4-8-13(11)12;;/h1-9H;1H3;. The van der Waals surface area contributed by atoms with E-state index in [1.54, 1.807) is 11.1 Å². The van der Waals surface area contributed by atoms with Crippen LogP contribution in [0.1, 0.15) is 14.8 Å². The second-order valence-corrected chi connectivity index (χ2v) is 6.73. The van der Waals surface area contributed by atoms with Crippen molar-refractivity contribution in [2.45, 2.75) is 8.26 Å². The number of hydrogen-bond donors (Lipinski definition) is 0. The zero-order valence-electron chi connectivity index (χ0n) is 8.70. The molecule has 0 nitrogen and oxygen atoms in total. The zero-order valence-corrected chi connectivity index (χ0v) is 11.2. The fourth-order valence-electron chi connectivity index (χ4n) is 2.47. The van der Waals surface area contributed by atoms with Crippen molar-refractivity contribution in [2.75, 3.05) is 0 Å². The summed E-state index contributed by atoms with van der Waals surface area (Å²) in [5, 5.41) is 0. The van der Waals surface area contributed by atoms with Crippen molar-refractivity contribution >= 4 is 0 Å². The molecule has 0 N–H and O–H groups in total. The van der Waals surface area contributed by atoms with E-state index in [9.17, 15) is 0 Å². The molecule has 0 atom stereocenters. The van der Waals surface area contributed by atoms with Gasteiger partial charge in [-0.05, 0) is 0 Å². The third-order valence-corrected chi connectivity index (χ3v) is 6.07. The van der Waals surface area contributed by atoms with Gasteiger partial charge in [0.1, 0.15) is 0 Å². The molecule has 2 aromatic rings. The van der Waals surface area contributed by atoms with E-state index in [1.165, 1.54) is 11.1 Å². The molecular formula is C14H12Zr. The van der Waals surface area contributed by atoms with Crippen LogP contribution in [0, 0.1) is 0 Å². The molecule has 3 rings (SSSR count). The predicted molar refractivity (Wildman–Crippen MR) is 59.6 cm³/mol. The zero-order chi connectivity index (χ0) is 10.3. The first-order valence-electron chi connectivity index (χ1n) is 5.27. The molecule has 2 aromatic carbocycles. The van der Waals surface area contributed by atoms with Crippen molar-refractivity contribution in [3.63, 3.8) is 0 Å². The van der Waals surface area contributed by atoms with Gasteiger partial charge in [-0.25, -0.2) is 0 Å². The maximum atomic E-state index is 2.44. The molecule has 0 saturated carbocycles. The van der Waals surface area contributed by atoms with Crippen LogP contribution in [0.5, 0.6) is 0 Å². The summed E-state index contributed by atoms with van der Waals surface area (Å²) in [6.07, 6.45) is 0. The van der Waals surface area contributed by atoms with Crippen LogP contribution < -0.4 is 0 Å². The van der Waals surface area contributed by atoms with Gasteiger partial charge in [0.15, 0.2) is 0 Å². The van der Waals surface area contributed by atoms with Crippen molar-refractivity contribution in [3.8, 4) is 11.1 Å².